The summed E-state index contributed by atoms with van der Waals surface area (Å²) in [5.74, 6) is -0.477. The Labute approximate surface area is 141 Å². The highest BCUT2D eigenvalue weighted by molar-refractivity contribution is 5.94. The van der Waals surface area contributed by atoms with E-state index in [2.05, 4.69) is 5.32 Å². The molecule has 9 nitrogen and oxygen atoms in total. The van der Waals surface area contributed by atoms with E-state index < -0.39 is 17.1 Å². The fourth-order valence-corrected chi connectivity index (χ4v) is 2.67. The molecule has 1 atom stereocenters. The zero-order valence-corrected chi connectivity index (χ0v) is 13.3. The first-order chi connectivity index (χ1) is 12.0. The van der Waals surface area contributed by atoms with Crippen molar-refractivity contribution in [2.45, 2.75) is 6.23 Å². The van der Waals surface area contributed by atoms with Crippen LogP contribution in [0.3, 0.4) is 0 Å². The van der Waals surface area contributed by atoms with Crippen LogP contribution in [0.2, 0.25) is 0 Å². The molecule has 0 radical (unpaired) electrons. The summed E-state index contributed by atoms with van der Waals surface area (Å²) in [7, 11) is 2.75. The van der Waals surface area contributed by atoms with Gasteiger partial charge >= 0.3 is 5.97 Å². The number of rotatable bonds is 5. The number of benzene rings is 2. The number of carboxylic acids is 1. The first-order valence-electron chi connectivity index (χ1n) is 7.16. The predicted octanol–water partition coefficient (Wildman–Crippen LogP) is 2.81. The summed E-state index contributed by atoms with van der Waals surface area (Å²) >= 11 is 0. The molecule has 0 amide bonds. The second-order valence-corrected chi connectivity index (χ2v) is 5.15. The van der Waals surface area contributed by atoms with Gasteiger partial charge in [0.15, 0.2) is 17.7 Å². The van der Waals surface area contributed by atoms with Gasteiger partial charge in [-0.3, -0.25) is 10.1 Å². The Morgan fingerprint density at radius 1 is 1.28 bits per heavy atom. The molecule has 2 aromatic rings. The van der Waals surface area contributed by atoms with Gasteiger partial charge in [0.05, 0.1) is 24.8 Å². The first kappa shape index (κ1) is 16.4. The normalized spacial score (nSPS) is 14.9. The number of nitro groups is 1. The van der Waals surface area contributed by atoms with Gasteiger partial charge in [0.2, 0.25) is 0 Å². The number of nitro benzene ring substituents is 1. The van der Waals surface area contributed by atoms with E-state index in [1.807, 2.05) is 0 Å². The van der Waals surface area contributed by atoms with E-state index in [1.54, 1.807) is 12.1 Å². The molecule has 3 rings (SSSR count). The Morgan fingerprint density at radius 3 is 2.64 bits per heavy atom. The topological polar surface area (TPSA) is 120 Å². The summed E-state index contributed by atoms with van der Waals surface area (Å²) in [6, 6.07) is 7.22. The minimum atomic E-state index is -1.21. The molecule has 0 saturated carbocycles. The molecule has 0 spiro atoms. The third-order valence-corrected chi connectivity index (χ3v) is 3.78. The number of hydrogen-bond donors (Lipinski definition) is 2. The van der Waals surface area contributed by atoms with Crippen LogP contribution in [0, 0.1) is 10.1 Å². The van der Waals surface area contributed by atoms with E-state index in [0.717, 1.165) is 0 Å². The molecule has 130 valence electrons. The minimum Gasteiger partial charge on any atom is -0.493 e. The second kappa shape index (κ2) is 6.19. The van der Waals surface area contributed by atoms with Crippen LogP contribution >= 0.6 is 0 Å². The molecule has 0 bridgehead atoms. The van der Waals surface area contributed by atoms with Crippen molar-refractivity contribution in [1.82, 2.24) is 0 Å². The average Bonchev–Trinajstić information content (AvgIpc) is 3.02. The largest absolute Gasteiger partial charge is 0.493 e. The Kier molecular flexibility index (Phi) is 4.05. The molecule has 1 heterocycles. The molecule has 1 aliphatic heterocycles. The maximum Gasteiger partial charge on any atom is 0.340 e. The molecule has 1 aliphatic rings. The van der Waals surface area contributed by atoms with Crippen molar-refractivity contribution in [3.05, 3.63) is 51.6 Å². The maximum atomic E-state index is 11.7. The molecule has 0 saturated heterocycles. The van der Waals surface area contributed by atoms with Crippen LogP contribution in [0.5, 0.6) is 17.2 Å². The predicted molar refractivity (Wildman–Crippen MR) is 86.6 cm³/mol. The van der Waals surface area contributed by atoms with Crippen LogP contribution in [-0.4, -0.2) is 30.2 Å². The number of fused-ring (bicyclic) bond motifs is 1. The van der Waals surface area contributed by atoms with E-state index in [0.29, 0.717) is 17.0 Å². The van der Waals surface area contributed by atoms with Crippen LogP contribution < -0.4 is 19.5 Å². The second-order valence-electron chi connectivity index (χ2n) is 5.15. The van der Waals surface area contributed by atoms with E-state index in [4.69, 9.17) is 14.2 Å². The summed E-state index contributed by atoms with van der Waals surface area (Å²) in [4.78, 5) is 22.1. The number of anilines is 1. The quantitative estimate of drug-likeness (QED) is 0.626. The molecule has 25 heavy (non-hydrogen) atoms. The van der Waals surface area contributed by atoms with Crippen molar-refractivity contribution < 1.29 is 29.0 Å². The number of non-ortho nitro benzene ring substituents is 1. The fourth-order valence-electron chi connectivity index (χ4n) is 2.67. The van der Waals surface area contributed by atoms with Crippen molar-refractivity contribution in [3.63, 3.8) is 0 Å². The molecule has 2 N–H and O–H groups in total. The lowest BCUT2D eigenvalue weighted by Gasteiger charge is -2.18. The Hall–Kier alpha value is -3.49. The van der Waals surface area contributed by atoms with Crippen LogP contribution in [0.1, 0.15) is 22.1 Å². The number of nitrogens with zero attached hydrogens (tertiary/aromatic N) is 1. The summed E-state index contributed by atoms with van der Waals surface area (Å²) < 4.78 is 16.0. The number of nitrogens with one attached hydrogen (secondary N) is 1. The molecule has 0 aliphatic carbocycles. The summed E-state index contributed by atoms with van der Waals surface area (Å²) in [6.07, 6.45) is -0.831. The van der Waals surface area contributed by atoms with Crippen molar-refractivity contribution in [1.29, 1.82) is 0 Å². The molecule has 0 aromatic heterocycles. The van der Waals surface area contributed by atoms with Crippen LogP contribution in [-0.2, 0) is 0 Å². The lowest BCUT2D eigenvalue weighted by molar-refractivity contribution is -0.384. The highest BCUT2D eigenvalue weighted by atomic mass is 16.6. The zero-order valence-electron chi connectivity index (χ0n) is 13.3. The van der Waals surface area contributed by atoms with Gasteiger partial charge in [0, 0.05) is 17.7 Å². The Morgan fingerprint density at radius 2 is 2.04 bits per heavy atom. The molecular formula is C16H14N2O7. The van der Waals surface area contributed by atoms with Gasteiger partial charge in [-0.25, -0.2) is 4.79 Å². The van der Waals surface area contributed by atoms with Gasteiger partial charge in [0.25, 0.3) is 5.69 Å². The highest BCUT2D eigenvalue weighted by Gasteiger charge is 2.31. The number of aromatic carboxylic acids is 1. The molecule has 2 aromatic carbocycles. The van der Waals surface area contributed by atoms with Gasteiger partial charge in [-0.15, -0.1) is 0 Å². The van der Waals surface area contributed by atoms with E-state index >= 15 is 0 Å². The number of hydrogen-bond acceptors (Lipinski definition) is 7. The van der Waals surface area contributed by atoms with E-state index in [-0.39, 0.29) is 22.7 Å². The van der Waals surface area contributed by atoms with Gasteiger partial charge in [0.1, 0.15) is 11.3 Å². The number of carbonyl (C=O) groups is 1. The number of carboxylic acid groups (broad SMARTS) is 1. The van der Waals surface area contributed by atoms with Gasteiger partial charge in [-0.2, -0.15) is 0 Å². The van der Waals surface area contributed by atoms with Gasteiger partial charge in [-0.05, 0) is 18.2 Å². The molecular weight excluding hydrogens is 332 g/mol. The lowest BCUT2D eigenvalue weighted by atomic mass is 10.0. The minimum absolute atomic E-state index is 0.0693. The van der Waals surface area contributed by atoms with E-state index in [9.17, 15) is 20.0 Å². The SMILES string of the molecule is COc1ccc([C@H]2Nc3cc([N+](=O)[O-])ccc3O2)c(C(=O)O)c1OC. The standard InChI is InChI=1S/C16H14N2O7/c1-23-12-6-4-9(13(16(19)20)14(12)24-2)15-17-10-7-8(18(21)22)3-5-11(10)25-15/h3-7,15,17H,1-2H3,(H,19,20)/t15-/m0/s1. The van der Waals surface area contributed by atoms with Crippen molar-refractivity contribution in [2.24, 2.45) is 0 Å². The van der Waals surface area contributed by atoms with Gasteiger partial charge in [-0.1, -0.05) is 0 Å². The average molecular weight is 346 g/mol. The van der Waals surface area contributed by atoms with Crippen molar-refractivity contribution in [2.75, 3.05) is 19.5 Å². The zero-order chi connectivity index (χ0) is 18.1. The van der Waals surface area contributed by atoms with Crippen LogP contribution in [0.15, 0.2) is 30.3 Å². The summed E-state index contributed by atoms with van der Waals surface area (Å²) in [6.45, 7) is 0. The summed E-state index contributed by atoms with van der Waals surface area (Å²) in [5.41, 5.74) is 0.511. The lowest BCUT2D eigenvalue weighted by Crippen LogP contribution is -2.16. The van der Waals surface area contributed by atoms with Crippen LogP contribution in [0.4, 0.5) is 11.4 Å². The maximum absolute atomic E-state index is 11.7. The van der Waals surface area contributed by atoms with Crippen LogP contribution in [0.25, 0.3) is 0 Å². The first-order valence-corrected chi connectivity index (χ1v) is 7.16. The molecule has 0 unspecified atom stereocenters. The monoisotopic (exact) mass is 346 g/mol. The smallest absolute Gasteiger partial charge is 0.340 e. The Bertz CT molecular complexity index is 866. The third kappa shape index (κ3) is 2.75. The third-order valence-electron chi connectivity index (χ3n) is 3.78. The van der Waals surface area contributed by atoms with Gasteiger partial charge < -0.3 is 24.6 Å². The number of ether oxygens (including phenoxy) is 3. The highest BCUT2D eigenvalue weighted by Crippen LogP contribution is 2.43. The van der Waals surface area contributed by atoms with E-state index in [1.165, 1.54) is 32.4 Å². The number of methoxy groups -OCH3 is 2. The fraction of sp³-hybridized carbons (Fsp3) is 0.188. The van der Waals surface area contributed by atoms with Crippen molar-refractivity contribution in [3.8, 4) is 17.2 Å². The Balaban J connectivity index is 2.03. The van der Waals surface area contributed by atoms with Crippen molar-refractivity contribution >= 4 is 17.3 Å². The molecule has 0 fully saturated rings. The summed E-state index contributed by atoms with van der Waals surface area (Å²) in [5, 5.41) is 23.4. The molecule has 9 heteroatoms.